The lowest BCUT2D eigenvalue weighted by molar-refractivity contribution is 0.857. The molecule has 2 heterocycles. The minimum atomic E-state index is -0.0844. The summed E-state index contributed by atoms with van der Waals surface area (Å²) in [5.41, 5.74) is 4.64. The Morgan fingerprint density at radius 3 is 2.85 bits per heavy atom. The fraction of sp³-hybridized carbons (Fsp3) is 0.400. The molecule has 0 aliphatic heterocycles. The quantitative estimate of drug-likeness (QED) is 0.917. The first kappa shape index (κ1) is 14.7. The van der Waals surface area contributed by atoms with Gasteiger partial charge in [-0.1, -0.05) is 20.3 Å². The second-order valence-electron chi connectivity index (χ2n) is 4.66. The maximum atomic E-state index is 11.7. The monoisotopic (exact) mass is 289 g/mol. The van der Waals surface area contributed by atoms with Crippen LogP contribution in [0.1, 0.15) is 48.8 Å². The minimum absolute atomic E-state index is 0.0844. The molecule has 0 fully saturated rings. The lowest BCUT2D eigenvalue weighted by atomic mass is 10.1. The third-order valence-corrected chi connectivity index (χ3v) is 3.95. The number of H-pyrrole nitrogens is 1. The number of allylic oxidation sites excluding steroid dienone is 1. The molecule has 1 N–H and O–H groups in total. The number of rotatable bonds is 5. The third-order valence-electron chi connectivity index (χ3n) is 3.07. The summed E-state index contributed by atoms with van der Waals surface area (Å²) in [6.07, 6.45) is 4.69. The Bertz CT molecular complexity index is 670. The first-order valence-electron chi connectivity index (χ1n) is 6.85. The SMILES string of the molecule is CCCc1cc(=O)[nH]c(/C(=C\c2scnc2C)CC)n1. The molecule has 2 aromatic rings. The van der Waals surface area contributed by atoms with E-state index >= 15 is 0 Å². The summed E-state index contributed by atoms with van der Waals surface area (Å²) in [5.74, 6) is 0.677. The van der Waals surface area contributed by atoms with Crippen LogP contribution in [0, 0.1) is 6.92 Å². The highest BCUT2D eigenvalue weighted by molar-refractivity contribution is 7.10. The molecule has 0 radical (unpaired) electrons. The summed E-state index contributed by atoms with van der Waals surface area (Å²) >= 11 is 1.60. The third kappa shape index (κ3) is 3.42. The van der Waals surface area contributed by atoms with Gasteiger partial charge in [0.25, 0.3) is 5.56 Å². The van der Waals surface area contributed by atoms with Crippen LogP contribution >= 0.6 is 11.3 Å². The maximum absolute atomic E-state index is 11.7. The Labute approximate surface area is 122 Å². The van der Waals surface area contributed by atoms with Crippen molar-refractivity contribution in [1.82, 2.24) is 15.0 Å². The van der Waals surface area contributed by atoms with E-state index in [2.05, 4.69) is 34.9 Å². The standard InChI is InChI=1S/C15H19N3OS/c1-4-6-12-8-14(19)18-15(17-12)11(5-2)7-13-10(3)16-9-20-13/h7-9H,4-6H2,1-3H3,(H,17,18,19)/b11-7-. The topological polar surface area (TPSA) is 58.6 Å². The van der Waals surface area contributed by atoms with Gasteiger partial charge in [0.1, 0.15) is 5.82 Å². The Morgan fingerprint density at radius 1 is 1.45 bits per heavy atom. The largest absolute Gasteiger partial charge is 0.307 e. The Hall–Kier alpha value is -1.75. The molecule has 0 bridgehead atoms. The van der Waals surface area contributed by atoms with Gasteiger partial charge in [-0.15, -0.1) is 11.3 Å². The average Bonchev–Trinajstić information content (AvgIpc) is 2.81. The first-order valence-corrected chi connectivity index (χ1v) is 7.73. The van der Waals surface area contributed by atoms with Crippen LogP contribution < -0.4 is 5.56 Å². The maximum Gasteiger partial charge on any atom is 0.251 e. The van der Waals surface area contributed by atoms with E-state index in [-0.39, 0.29) is 5.56 Å². The highest BCUT2D eigenvalue weighted by atomic mass is 32.1. The zero-order valence-electron chi connectivity index (χ0n) is 12.1. The molecule has 0 amide bonds. The van der Waals surface area contributed by atoms with Gasteiger partial charge < -0.3 is 4.98 Å². The molecule has 0 aromatic carbocycles. The summed E-state index contributed by atoms with van der Waals surface area (Å²) < 4.78 is 0. The molecule has 5 heteroatoms. The number of thiazole rings is 1. The van der Waals surface area contributed by atoms with Gasteiger partial charge in [0.05, 0.1) is 16.1 Å². The molecule has 4 nitrogen and oxygen atoms in total. The summed E-state index contributed by atoms with van der Waals surface area (Å²) in [6, 6.07) is 1.58. The van der Waals surface area contributed by atoms with Gasteiger partial charge in [0.2, 0.25) is 0 Å². The molecule has 2 rings (SSSR count). The van der Waals surface area contributed by atoms with E-state index in [1.54, 1.807) is 17.4 Å². The molecular formula is C15H19N3OS. The lowest BCUT2D eigenvalue weighted by Crippen LogP contribution is -2.12. The van der Waals surface area contributed by atoms with Gasteiger partial charge >= 0.3 is 0 Å². The van der Waals surface area contributed by atoms with Crippen molar-refractivity contribution in [3.05, 3.63) is 44.0 Å². The van der Waals surface area contributed by atoms with E-state index in [1.165, 1.54) is 0 Å². The van der Waals surface area contributed by atoms with E-state index < -0.39 is 0 Å². The molecule has 0 saturated carbocycles. The van der Waals surface area contributed by atoms with E-state index in [9.17, 15) is 4.79 Å². The fourth-order valence-electron chi connectivity index (χ4n) is 1.99. The van der Waals surface area contributed by atoms with Gasteiger partial charge in [-0.2, -0.15) is 0 Å². The van der Waals surface area contributed by atoms with Gasteiger partial charge in [0, 0.05) is 11.8 Å². The highest BCUT2D eigenvalue weighted by Crippen LogP contribution is 2.22. The molecule has 0 saturated heterocycles. The number of aromatic nitrogens is 3. The normalized spacial score (nSPS) is 11.8. The summed E-state index contributed by atoms with van der Waals surface area (Å²) in [7, 11) is 0. The van der Waals surface area contributed by atoms with Crippen LogP contribution in [0.4, 0.5) is 0 Å². The summed E-state index contributed by atoms with van der Waals surface area (Å²) in [4.78, 5) is 24.5. The van der Waals surface area contributed by atoms with Crippen molar-refractivity contribution in [3.8, 4) is 0 Å². The smallest absolute Gasteiger partial charge is 0.251 e. The van der Waals surface area contributed by atoms with Crippen LogP contribution in [-0.4, -0.2) is 15.0 Å². The van der Waals surface area contributed by atoms with Crippen LogP contribution in [0.2, 0.25) is 0 Å². The number of nitrogens with one attached hydrogen (secondary N) is 1. The number of aryl methyl sites for hydroxylation is 2. The van der Waals surface area contributed by atoms with Crippen LogP contribution in [-0.2, 0) is 6.42 Å². The van der Waals surface area contributed by atoms with E-state index in [0.29, 0.717) is 5.82 Å². The number of nitrogens with zero attached hydrogens (tertiary/aromatic N) is 2. The zero-order valence-corrected chi connectivity index (χ0v) is 12.9. The Morgan fingerprint density at radius 2 is 2.25 bits per heavy atom. The molecule has 20 heavy (non-hydrogen) atoms. The predicted octanol–water partition coefficient (Wildman–Crippen LogP) is 3.44. The van der Waals surface area contributed by atoms with Gasteiger partial charge in [-0.05, 0) is 31.4 Å². The van der Waals surface area contributed by atoms with Crippen molar-refractivity contribution < 1.29 is 0 Å². The fourth-order valence-corrected chi connectivity index (χ4v) is 2.75. The molecule has 0 spiro atoms. The molecule has 2 aromatic heterocycles. The van der Waals surface area contributed by atoms with E-state index in [0.717, 1.165) is 41.1 Å². The lowest BCUT2D eigenvalue weighted by Gasteiger charge is -2.06. The minimum Gasteiger partial charge on any atom is -0.307 e. The molecule has 0 unspecified atom stereocenters. The van der Waals surface area contributed by atoms with E-state index in [1.807, 2.05) is 12.4 Å². The van der Waals surface area contributed by atoms with Crippen molar-refractivity contribution in [3.63, 3.8) is 0 Å². The predicted molar refractivity (Wildman–Crippen MR) is 83.9 cm³/mol. The van der Waals surface area contributed by atoms with Crippen LogP contribution in [0.5, 0.6) is 0 Å². The molecule has 0 aliphatic rings. The highest BCUT2D eigenvalue weighted by Gasteiger charge is 2.07. The van der Waals surface area contributed by atoms with Crippen molar-refractivity contribution in [2.24, 2.45) is 0 Å². The average molecular weight is 289 g/mol. The Kier molecular flexibility index (Phi) is 4.84. The second-order valence-corrected chi connectivity index (χ2v) is 5.55. The molecule has 0 atom stereocenters. The van der Waals surface area contributed by atoms with Gasteiger partial charge in [0.15, 0.2) is 0 Å². The van der Waals surface area contributed by atoms with Crippen molar-refractivity contribution in [1.29, 1.82) is 0 Å². The summed E-state index contributed by atoms with van der Waals surface area (Å²) in [6.45, 7) is 6.13. The van der Waals surface area contributed by atoms with Crippen molar-refractivity contribution >= 4 is 23.0 Å². The van der Waals surface area contributed by atoms with Crippen LogP contribution in [0.15, 0.2) is 16.4 Å². The zero-order chi connectivity index (χ0) is 14.5. The number of hydrogen-bond donors (Lipinski definition) is 1. The van der Waals surface area contributed by atoms with Crippen molar-refractivity contribution in [2.45, 2.75) is 40.0 Å². The van der Waals surface area contributed by atoms with Crippen LogP contribution in [0.25, 0.3) is 11.6 Å². The van der Waals surface area contributed by atoms with E-state index in [4.69, 9.17) is 0 Å². The number of aromatic amines is 1. The molecule has 0 aliphatic carbocycles. The number of hydrogen-bond acceptors (Lipinski definition) is 4. The molecule has 106 valence electrons. The van der Waals surface area contributed by atoms with Crippen molar-refractivity contribution in [2.75, 3.05) is 0 Å². The van der Waals surface area contributed by atoms with Gasteiger partial charge in [-0.25, -0.2) is 9.97 Å². The van der Waals surface area contributed by atoms with Gasteiger partial charge in [-0.3, -0.25) is 4.79 Å². The first-order chi connectivity index (χ1) is 9.63. The molecular weight excluding hydrogens is 270 g/mol. The summed E-state index contributed by atoms with van der Waals surface area (Å²) in [5, 5.41) is 0. The Balaban J connectivity index is 2.44. The second kappa shape index (κ2) is 6.61. The van der Waals surface area contributed by atoms with Crippen LogP contribution in [0.3, 0.4) is 0 Å².